The Balaban J connectivity index is -0.0000000200. The minimum atomic E-state index is 0. The molecule has 0 aliphatic rings. The summed E-state index contributed by atoms with van der Waals surface area (Å²) in [5, 5.41) is 0. The molecule has 5 heavy (non-hydrogen) atoms. The molecule has 0 aromatic heterocycles. The van der Waals surface area contributed by atoms with E-state index in [0.29, 0.717) is 0 Å². The van der Waals surface area contributed by atoms with E-state index in [-0.39, 0.29) is 47.0 Å². The Kier molecular flexibility index (Phi) is 62.8. The van der Waals surface area contributed by atoms with Crippen molar-refractivity contribution in [2.24, 2.45) is 0 Å². The van der Waals surface area contributed by atoms with Crippen LogP contribution in [-0.2, 0) is 37.5 Å². The molecular weight excluding hydrogens is 372 g/mol. The van der Waals surface area contributed by atoms with Gasteiger partial charge in [-0.15, -0.1) is 0 Å². The fourth-order valence-corrected chi connectivity index (χ4v) is 0. The van der Waals surface area contributed by atoms with E-state index in [1.807, 2.05) is 0 Å². The second kappa shape index (κ2) is 19.1. The summed E-state index contributed by atoms with van der Waals surface area (Å²) in [5.74, 6) is 0. The van der Waals surface area contributed by atoms with E-state index < -0.39 is 0 Å². The van der Waals surface area contributed by atoms with Gasteiger partial charge in [0.15, 0.2) is 0 Å². The van der Waals surface area contributed by atoms with Crippen LogP contribution in [-0.4, -0.2) is 6.29 Å². The van der Waals surface area contributed by atoms with Crippen LogP contribution in [0.5, 0.6) is 0 Å². The van der Waals surface area contributed by atoms with Crippen molar-refractivity contribution in [2.75, 3.05) is 0 Å². The first-order valence-electron chi connectivity index (χ1n) is 0.704. The fraction of sp³-hybridized carbons (Fsp3) is 0.500. The van der Waals surface area contributed by atoms with Crippen LogP contribution in [0.3, 0.4) is 0 Å². The molecule has 3 heteroatoms. The zero-order valence-electron chi connectivity index (χ0n) is 2.86. The molecule has 0 aliphatic heterocycles. The largest absolute Gasteiger partial charge is 0.542 e. The summed E-state index contributed by atoms with van der Waals surface area (Å²) in [6, 6.07) is 0. The molecule has 0 atom stereocenters. The predicted octanol–water partition coefficient (Wildman–Crippen LogP) is 0.113. The Morgan fingerprint density at radius 2 is 1.60 bits per heavy atom. The minimum Gasteiger partial charge on any atom is -0.542 e. The summed E-state index contributed by atoms with van der Waals surface area (Å²) in [4.78, 5) is 8.68. The molecule has 0 rings (SSSR count). The van der Waals surface area contributed by atoms with Crippen LogP contribution in [0.1, 0.15) is 6.92 Å². The summed E-state index contributed by atoms with van der Waals surface area (Å²) in [5.41, 5.74) is 0. The molecule has 0 spiro atoms. The third kappa shape index (κ3) is 38.2. The molecule has 0 aromatic rings. The van der Waals surface area contributed by atoms with Gasteiger partial charge in [-0.25, -0.2) is 0 Å². The normalized spacial score (nSPS) is 2.60. The van der Waals surface area contributed by atoms with Crippen LogP contribution in [0.15, 0.2) is 0 Å². The number of hydrogen-bond donors (Lipinski definition) is 0. The molecule has 0 N–H and O–H groups in total. The Hall–Kier alpha value is 1.16. The Labute approximate surface area is 64.6 Å². The minimum absolute atomic E-state index is 0. The van der Waals surface area contributed by atoms with Gasteiger partial charge in [-0.05, 0) is 0 Å². The van der Waals surface area contributed by atoms with Crippen LogP contribution >= 0.6 is 0 Å². The van der Waals surface area contributed by atoms with Gasteiger partial charge in [-0.1, -0.05) is 0 Å². The summed E-state index contributed by atoms with van der Waals surface area (Å²) in [7, 11) is 0. The maximum Gasteiger partial charge on any atom is 0 e. The molecule has 0 aromatic carbocycles. The topological polar surface area (TPSA) is 17.1 Å². The molecule has 28 valence electrons. The number of carbonyl (C=O) groups excluding carboxylic acids is 1. The van der Waals surface area contributed by atoms with Gasteiger partial charge < -0.3 is 4.79 Å². The molecule has 0 bridgehead atoms. The van der Waals surface area contributed by atoms with E-state index in [9.17, 15) is 0 Å². The first-order chi connectivity index (χ1) is 1.41. The standard InChI is InChI=1S/C2H3O.Am.Y/c1-2-3;;/h1H3;;/q-1;;. The average Bonchev–Trinajstić information content (AvgIpc) is 0.918. The fourth-order valence-electron chi connectivity index (χ4n) is 0. The van der Waals surface area contributed by atoms with Crippen molar-refractivity contribution >= 4 is 6.29 Å². The van der Waals surface area contributed by atoms with Gasteiger partial charge in [0.05, 0.1) is 0 Å². The summed E-state index contributed by atoms with van der Waals surface area (Å²) < 4.78 is 0. The molecule has 0 fully saturated rings. The van der Waals surface area contributed by atoms with Gasteiger partial charge in [0, 0.05) is 47.0 Å². The molecule has 0 amide bonds. The van der Waals surface area contributed by atoms with Crippen molar-refractivity contribution in [3.05, 3.63) is 0 Å². The van der Waals surface area contributed by atoms with Gasteiger partial charge in [0.25, 0.3) is 0 Å². The van der Waals surface area contributed by atoms with E-state index in [1.165, 1.54) is 13.2 Å². The first-order valence-corrected chi connectivity index (χ1v) is 0.704. The SMILES string of the molecule is C[C-]=O.[Am].[Y]. The average molecular weight is 375 g/mol. The van der Waals surface area contributed by atoms with Crippen molar-refractivity contribution < 1.29 is 51.8 Å². The molecule has 0 saturated heterocycles. The molecule has 2 radical (unpaired) electrons. The number of hydrogen-bond acceptors (Lipinski definition) is 1. The second-order valence-corrected chi connectivity index (χ2v) is 0.204. The second-order valence-electron chi connectivity index (χ2n) is 0.204. The zero-order valence-corrected chi connectivity index (χ0v) is 8.85. The van der Waals surface area contributed by atoms with Crippen LogP contribution in [0.25, 0.3) is 0 Å². The summed E-state index contributed by atoms with van der Waals surface area (Å²) >= 11 is 0. The molecule has 0 aliphatic carbocycles. The van der Waals surface area contributed by atoms with Crippen LogP contribution in [0, 0.1) is 14.3 Å². The van der Waals surface area contributed by atoms with E-state index in [1.54, 1.807) is 0 Å². The summed E-state index contributed by atoms with van der Waals surface area (Å²) in [6.45, 7) is 1.32. The first kappa shape index (κ1) is 16.4. The Morgan fingerprint density at radius 1 is 1.60 bits per heavy atom. The zero-order chi connectivity index (χ0) is 2.71. The third-order valence-corrected chi connectivity index (χ3v) is 0. The van der Waals surface area contributed by atoms with Crippen molar-refractivity contribution in [3.63, 3.8) is 0 Å². The van der Waals surface area contributed by atoms with Gasteiger partial charge in [-0.3, -0.25) is 6.29 Å². The van der Waals surface area contributed by atoms with Gasteiger partial charge >= 0.3 is 0 Å². The Bertz CT molecular complexity index is 17.1. The maximum absolute atomic E-state index is 8.68. The maximum atomic E-state index is 8.68. The van der Waals surface area contributed by atoms with Crippen molar-refractivity contribution in [2.45, 2.75) is 6.92 Å². The van der Waals surface area contributed by atoms with Gasteiger partial charge in [-0.2, -0.15) is 6.92 Å². The molecule has 0 unspecified atom stereocenters. The van der Waals surface area contributed by atoms with Crippen LogP contribution in [0.4, 0.5) is 0 Å². The van der Waals surface area contributed by atoms with E-state index in [4.69, 9.17) is 4.79 Å². The van der Waals surface area contributed by atoms with E-state index in [0.717, 1.165) is 0 Å². The Morgan fingerprint density at radius 3 is 1.60 bits per heavy atom. The van der Waals surface area contributed by atoms with Crippen molar-refractivity contribution in [1.29, 1.82) is 0 Å². The van der Waals surface area contributed by atoms with Crippen LogP contribution in [0.2, 0.25) is 0 Å². The third-order valence-electron chi connectivity index (χ3n) is 0. The molecule has 1 nitrogen and oxygen atoms in total. The summed E-state index contributed by atoms with van der Waals surface area (Å²) in [6.07, 6.45) is 1.50. The van der Waals surface area contributed by atoms with Gasteiger partial charge in [0.1, 0.15) is 0 Å². The van der Waals surface area contributed by atoms with Crippen LogP contribution < -0.4 is 0 Å². The molecule has 0 saturated carbocycles. The number of rotatable bonds is 0. The van der Waals surface area contributed by atoms with Crippen molar-refractivity contribution in [3.8, 4) is 0 Å². The smallest absolute Gasteiger partial charge is 0 e. The van der Waals surface area contributed by atoms with E-state index in [2.05, 4.69) is 0 Å². The van der Waals surface area contributed by atoms with E-state index >= 15 is 0 Å². The molecular formula is C2H3AmOY-. The van der Waals surface area contributed by atoms with Crippen molar-refractivity contribution in [1.82, 2.24) is 0 Å². The quantitative estimate of drug-likeness (QED) is 0.550. The molecule has 0 heterocycles. The van der Waals surface area contributed by atoms with Gasteiger partial charge in [0.2, 0.25) is 0 Å². The predicted molar refractivity (Wildman–Crippen MR) is 11.4 cm³/mol. The monoisotopic (exact) mass is 373 g/mol.